The van der Waals surface area contributed by atoms with Crippen molar-refractivity contribution >= 4 is 27.5 Å². The summed E-state index contributed by atoms with van der Waals surface area (Å²) in [6.45, 7) is 5.51. The van der Waals surface area contributed by atoms with Crippen molar-refractivity contribution in [1.29, 1.82) is 0 Å². The summed E-state index contributed by atoms with van der Waals surface area (Å²) < 4.78 is 1.30. The highest BCUT2D eigenvalue weighted by atomic mass is 32.1. The molecule has 26 heavy (non-hydrogen) atoms. The van der Waals surface area contributed by atoms with E-state index >= 15 is 0 Å². The van der Waals surface area contributed by atoms with Crippen LogP contribution in [-0.2, 0) is 6.42 Å². The highest BCUT2D eigenvalue weighted by molar-refractivity contribution is 7.17. The van der Waals surface area contributed by atoms with Gasteiger partial charge in [0.1, 0.15) is 0 Å². The minimum atomic E-state index is 0.0343. The zero-order valence-electron chi connectivity index (χ0n) is 15.2. The molecule has 5 nitrogen and oxygen atoms in total. The van der Waals surface area contributed by atoms with Gasteiger partial charge in [-0.2, -0.15) is 5.10 Å². The summed E-state index contributed by atoms with van der Waals surface area (Å²) in [5, 5.41) is 14.0. The van der Waals surface area contributed by atoms with E-state index in [1.807, 2.05) is 18.7 Å². The Morgan fingerprint density at radius 1 is 1.38 bits per heavy atom. The fourth-order valence-electron chi connectivity index (χ4n) is 3.99. The number of amides is 2. The monoisotopic (exact) mass is 368 g/mol. The number of nitrogens with zero attached hydrogens (tertiary/aromatic N) is 2. The van der Waals surface area contributed by atoms with Gasteiger partial charge in [0.05, 0.1) is 11.7 Å². The zero-order valence-corrected chi connectivity index (χ0v) is 16.0. The SMILES string of the molecule is Cc1n[nH]c(C)c1C1CCCN1C(=O)NCCc1csc2ccccc12. The molecule has 1 aliphatic heterocycles. The largest absolute Gasteiger partial charge is 0.338 e. The molecule has 1 aliphatic rings. The predicted molar refractivity (Wildman–Crippen MR) is 106 cm³/mol. The van der Waals surface area contributed by atoms with Gasteiger partial charge in [-0.1, -0.05) is 18.2 Å². The van der Waals surface area contributed by atoms with Gasteiger partial charge in [-0.15, -0.1) is 11.3 Å². The first-order valence-corrected chi connectivity index (χ1v) is 10.0. The molecule has 0 spiro atoms. The third-order valence-electron chi connectivity index (χ3n) is 5.26. The summed E-state index contributed by atoms with van der Waals surface area (Å²) in [5.74, 6) is 0. The van der Waals surface area contributed by atoms with E-state index in [-0.39, 0.29) is 12.1 Å². The summed E-state index contributed by atoms with van der Waals surface area (Å²) >= 11 is 1.77. The minimum absolute atomic E-state index is 0.0343. The average molecular weight is 369 g/mol. The number of aromatic amines is 1. The molecule has 2 N–H and O–H groups in total. The third-order valence-corrected chi connectivity index (χ3v) is 6.28. The van der Waals surface area contributed by atoms with Crippen molar-refractivity contribution < 1.29 is 4.79 Å². The van der Waals surface area contributed by atoms with Gasteiger partial charge in [-0.25, -0.2) is 4.79 Å². The van der Waals surface area contributed by atoms with Crippen LogP contribution >= 0.6 is 11.3 Å². The molecule has 0 aliphatic carbocycles. The number of thiophene rings is 1. The van der Waals surface area contributed by atoms with Crippen LogP contribution in [0.3, 0.4) is 0 Å². The Kier molecular flexibility index (Phi) is 4.68. The Morgan fingerprint density at radius 2 is 2.23 bits per heavy atom. The number of benzene rings is 1. The standard InChI is InChI=1S/C20H24N4OS/c1-13-19(14(2)23-22-13)17-7-5-11-24(17)20(25)21-10-9-15-12-26-18-8-4-3-6-16(15)18/h3-4,6,8,12,17H,5,7,9-11H2,1-2H3,(H,21,25)(H,22,23). The van der Waals surface area contributed by atoms with Gasteiger partial charge in [0.2, 0.25) is 0 Å². The second-order valence-electron chi connectivity index (χ2n) is 6.94. The lowest BCUT2D eigenvalue weighted by Crippen LogP contribution is -2.40. The molecule has 1 unspecified atom stereocenters. The number of hydrogen-bond donors (Lipinski definition) is 2. The summed E-state index contributed by atoms with van der Waals surface area (Å²) in [5.41, 5.74) is 4.56. The Bertz CT molecular complexity index is 909. The van der Waals surface area contributed by atoms with Crippen LogP contribution in [-0.4, -0.2) is 34.2 Å². The average Bonchev–Trinajstić information content (AvgIpc) is 3.34. The van der Waals surface area contributed by atoms with Crippen molar-refractivity contribution in [3.63, 3.8) is 0 Å². The van der Waals surface area contributed by atoms with Crippen LogP contribution in [0.4, 0.5) is 4.79 Å². The molecule has 2 amide bonds. The molecular weight excluding hydrogens is 344 g/mol. The van der Waals surface area contributed by atoms with Gasteiger partial charge in [0, 0.05) is 29.0 Å². The molecule has 4 rings (SSSR count). The fraction of sp³-hybridized carbons (Fsp3) is 0.400. The van der Waals surface area contributed by atoms with Crippen LogP contribution in [0, 0.1) is 13.8 Å². The number of rotatable bonds is 4. The lowest BCUT2D eigenvalue weighted by molar-refractivity contribution is 0.193. The number of urea groups is 1. The second-order valence-corrected chi connectivity index (χ2v) is 7.85. The molecule has 3 aromatic rings. The maximum Gasteiger partial charge on any atom is 0.317 e. The summed E-state index contributed by atoms with van der Waals surface area (Å²) in [4.78, 5) is 14.7. The number of fused-ring (bicyclic) bond motifs is 1. The van der Waals surface area contributed by atoms with Gasteiger partial charge < -0.3 is 10.2 Å². The molecule has 136 valence electrons. The van der Waals surface area contributed by atoms with E-state index in [0.29, 0.717) is 6.54 Å². The van der Waals surface area contributed by atoms with Gasteiger partial charge >= 0.3 is 6.03 Å². The van der Waals surface area contributed by atoms with E-state index in [4.69, 9.17) is 0 Å². The van der Waals surface area contributed by atoms with E-state index in [9.17, 15) is 4.79 Å². The van der Waals surface area contributed by atoms with Gasteiger partial charge in [-0.05, 0) is 55.5 Å². The van der Waals surface area contributed by atoms with E-state index in [1.165, 1.54) is 21.2 Å². The summed E-state index contributed by atoms with van der Waals surface area (Å²) in [6, 6.07) is 8.61. The summed E-state index contributed by atoms with van der Waals surface area (Å²) in [6.07, 6.45) is 2.90. The number of aryl methyl sites for hydroxylation is 2. The van der Waals surface area contributed by atoms with E-state index < -0.39 is 0 Å². The molecule has 0 radical (unpaired) electrons. The van der Waals surface area contributed by atoms with Crippen LogP contribution in [0.15, 0.2) is 29.6 Å². The van der Waals surface area contributed by atoms with Crippen LogP contribution in [0.2, 0.25) is 0 Å². The smallest absolute Gasteiger partial charge is 0.317 e. The van der Waals surface area contributed by atoms with Crippen LogP contribution in [0.1, 0.15) is 41.4 Å². The molecule has 1 saturated heterocycles. The first kappa shape index (κ1) is 17.1. The number of carbonyl (C=O) groups is 1. The summed E-state index contributed by atoms with van der Waals surface area (Å²) in [7, 11) is 0. The maximum absolute atomic E-state index is 12.8. The number of likely N-dealkylation sites (tertiary alicyclic amines) is 1. The van der Waals surface area contributed by atoms with E-state index in [1.54, 1.807) is 11.3 Å². The molecule has 3 heterocycles. The topological polar surface area (TPSA) is 61.0 Å². The molecule has 1 aromatic carbocycles. The number of hydrogen-bond acceptors (Lipinski definition) is 3. The quantitative estimate of drug-likeness (QED) is 0.720. The highest BCUT2D eigenvalue weighted by Crippen LogP contribution is 2.34. The minimum Gasteiger partial charge on any atom is -0.338 e. The van der Waals surface area contributed by atoms with Crippen molar-refractivity contribution in [1.82, 2.24) is 20.4 Å². The van der Waals surface area contributed by atoms with Gasteiger partial charge in [0.25, 0.3) is 0 Å². The maximum atomic E-state index is 12.8. The molecular formula is C20H24N4OS. The molecule has 1 fully saturated rings. The molecule has 1 atom stereocenters. The van der Waals surface area contributed by atoms with Crippen LogP contribution in [0.5, 0.6) is 0 Å². The van der Waals surface area contributed by atoms with Gasteiger partial charge in [0.15, 0.2) is 0 Å². The van der Waals surface area contributed by atoms with Crippen molar-refractivity contribution in [2.75, 3.05) is 13.1 Å². The van der Waals surface area contributed by atoms with Crippen molar-refractivity contribution in [3.8, 4) is 0 Å². The van der Waals surface area contributed by atoms with Gasteiger partial charge in [-0.3, -0.25) is 5.10 Å². The van der Waals surface area contributed by atoms with E-state index in [2.05, 4.69) is 45.2 Å². The number of nitrogens with one attached hydrogen (secondary N) is 2. The lowest BCUT2D eigenvalue weighted by atomic mass is 10.0. The van der Waals surface area contributed by atoms with E-state index in [0.717, 1.165) is 37.2 Å². The van der Waals surface area contributed by atoms with Crippen molar-refractivity contribution in [2.45, 2.75) is 39.2 Å². The van der Waals surface area contributed by atoms with Crippen molar-refractivity contribution in [3.05, 3.63) is 52.2 Å². The Labute approximate surface area is 157 Å². The molecule has 0 saturated carbocycles. The number of carbonyl (C=O) groups excluding carboxylic acids is 1. The highest BCUT2D eigenvalue weighted by Gasteiger charge is 2.32. The molecule has 2 aromatic heterocycles. The first-order valence-electron chi connectivity index (χ1n) is 9.16. The predicted octanol–water partition coefficient (Wildman–Crippen LogP) is 4.33. The Hall–Kier alpha value is -2.34. The normalized spacial score (nSPS) is 17.2. The fourth-order valence-corrected chi connectivity index (χ4v) is 4.99. The number of aromatic nitrogens is 2. The second kappa shape index (κ2) is 7.11. The number of H-pyrrole nitrogens is 1. The Balaban J connectivity index is 1.40. The molecule has 0 bridgehead atoms. The molecule has 6 heteroatoms. The van der Waals surface area contributed by atoms with Crippen LogP contribution < -0.4 is 5.32 Å². The lowest BCUT2D eigenvalue weighted by Gasteiger charge is -2.25. The van der Waals surface area contributed by atoms with Crippen molar-refractivity contribution in [2.24, 2.45) is 0 Å². The zero-order chi connectivity index (χ0) is 18.1. The third kappa shape index (κ3) is 3.09. The Morgan fingerprint density at radius 3 is 3.04 bits per heavy atom. The first-order chi connectivity index (χ1) is 12.6. The van der Waals surface area contributed by atoms with Crippen LogP contribution in [0.25, 0.3) is 10.1 Å².